The zero-order chi connectivity index (χ0) is 19.0. The molecule has 1 amide bonds. The van der Waals surface area contributed by atoms with Crippen LogP contribution in [0.15, 0.2) is 24.4 Å². The Balaban J connectivity index is 1.56. The number of hydrogen-bond acceptors (Lipinski definition) is 6. The largest absolute Gasteiger partial charge is 0.387 e. The lowest BCUT2D eigenvalue weighted by Gasteiger charge is -2.44. The molecular weight excluding hydrogens is 366 g/mol. The van der Waals surface area contributed by atoms with Crippen LogP contribution >= 0.6 is 11.6 Å². The molecule has 0 saturated carbocycles. The van der Waals surface area contributed by atoms with Gasteiger partial charge in [-0.05, 0) is 43.0 Å². The van der Waals surface area contributed by atoms with Crippen molar-refractivity contribution in [2.24, 2.45) is 0 Å². The monoisotopic (exact) mass is 387 g/mol. The number of carbonyl (C=O) groups is 1. The molecule has 1 aromatic heterocycles. The third kappa shape index (κ3) is 3.21. The average molecular weight is 388 g/mol. The van der Waals surface area contributed by atoms with Crippen molar-refractivity contribution in [2.45, 2.75) is 24.9 Å². The number of benzene rings is 1. The van der Waals surface area contributed by atoms with Gasteiger partial charge in [-0.2, -0.15) is 0 Å². The number of ether oxygens (including phenoxy) is 1. The van der Waals surface area contributed by atoms with E-state index in [9.17, 15) is 4.79 Å². The second-order valence-corrected chi connectivity index (χ2v) is 7.36. The highest BCUT2D eigenvalue weighted by molar-refractivity contribution is 6.31. The first kappa shape index (κ1) is 18.0. The molecule has 0 atom stereocenters. The van der Waals surface area contributed by atoms with Crippen LogP contribution in [0.4, 0.5) is 11.6 Å². The number of carbonyl (C=O) groups excluding carboxylic acids is 1. The van der Waals surface area contributed by atoms with Crippen molar-refractivity contribution in [1.29, 1.82) is 0 Å². The van der Waals surface area contributed by atoms with Gasteiger partial charge in [0, 0.05) is 37.0 Å². The minimum absolute atomic E-state index is 0.0325. The smallest absolute Gasteiger partial charge is 0.256 e. The van der Waals surface area contributed by atoms with Crippen LogP contribution in [0.3, 0.4) is 0 Å². The third-order valence-electron chi connectivity index (χ3n) is 5.40. The molecule has 8 heteroatoms. The molecule has 0 aliphatic carbocycles. The maximum atomic E-state index is 13.0. The molecule has 4 rings (SSSR count). The topological polar surface area (TPSA) is 93.4 Å². The van der Waals surface area contributed by atoms with E-state index < -0.39 is 5.60 Å². The number of nitrogen functional groups attached to an aromatic ring is 1. The minimum Gasteiger partial charge on any atom is -0.387 e. The number of fused-ring (bicyclic) bond motifs is 2. The maximum Gasteiger partial charge on any atom is 0.256 e. The average Bonchev–Trinajstić information content (AvgIpc) is 2.69. The van der Waals surface area contributed by atoms with Crippen LogP contribution in [-0.4, -0.2) is 47.5 Å². The number of hydrogen-bond donors (Lipinski definition) is 2. The lowest BCUT2D eigenvalue weighted by Crippen LogP contribution is -2.49. The predicted octanol–water partition coefficient (Wildman–Crippen LogP) is 2.46. The van der Waals surface area contributed by atoms with Crippen molar-refractivity contribution < 1.29 is 9.53 Å². The summed E-state index contributed by atoms with van der Waals surface area (Å²) in [4.78, 5) is 23.5. The Morgan fingerprint density at radius 3 is 2.89 bits per heavy atom. The van der Waals surface area contributed by atoms with Crippen molar-refractivity contribution in [3.05, 3.63) is 46.2 Å². The van der Waals surface area contributed by atoms with Crippen LogP contribution in [0, 0.1) is 0 Å². The quantitative estimate of drug-likeness (QED) is 0.822. The van der Waals surface area contributed by atoms with E-state index in [0.717, 1.165) is 23.4 Å². The first-order valence-corrected chi connectivity index (χ1v) is 9.42. The van der Waals surface area contributed by atoms with Crippen molar-refractivity contribution in [3.8, 4) is 0 Å². The van der Waals surface area contributed by atoms with Crippen molar-refractivity contribution >= 4 is 29.1 Å². The Hall–Kier alpha value is -2.38. The first-order valence-electron chi connectivity index (χ1n) is 9.05. The molecule has 27 heavy (non-hydrogen) atoms. The molecule has 3 heterocycles. The molecule has 2 aliphatic heterocycles. The summed E-state index contributed by atoms with van der Waals surface area (Å²) in [5.41, 5.74) is 8.64. The number of likely N-dealkylation sites (tertiary alicyclic amines) is 1. The van der Waals surface area contributed by atoms with E-state index >= 15 is 0 Å². The summed E-state index contributed by atoms with van der Waals surface area (Å²) in [6, 6.07) is 5.30. The van der Waals surface area contributed by atoms with Crippen LogP contribution in [0.5, 0.6) is 0 Å². The fraction of sp³-hybridized carbons (Fsp3) is 0.421. The lowest BCUT2D eigenvalue weighted by atomic mass is 9.83. The number of piperidine rings is 1. The van der Waals surface area contributed by atoms with Gasteiger partial charge in [-0.25, -0.2) is 9.97 Å². The van der Waals surface area contributed by atoms with Gasteiger partial charge < -0.3 is 20.7 Å². The summed E-state index contributed by atoms with van der Waals surface area (Å²) in [5, 5.41) is 3.60. The van der Waals surface area contributed by atoms with Gasteiger partial charge in [0.1, 0.15) is 5.60 Å². The first-order chi connectivity index (χ1) is 13.0. The van der Waals surface area contributed by atoms with E-state index in [1.54, 1.807) is 25.4 Å². The molecule has 0 radical (unpaired) electrons. The Morgan fingerprint density at radius 2 is 2.15 bits per heavy atom. The number of nitrogens with two attached hydrogens (primary N) is 1. The number of rotatable bonds is 2. The van der Waals surface area contributed by atoms with Gasteiger partial charge in [0.25, 0.3) is 5.91 Å². The molecule has 3 N–H and O–H groups in total. The van der Waals surface area contributed by atoms with Crippen LogP contribution < -0.4 is 11.1 Å². The molecule has 0 unspecified atom stereocenters. The molecule has 1 spiro atoms. The zero-order valence-corrected chi connectivity index (χ0v) is 15.9. The number of amides is 1. The van der Waals surface area contributed by atoms with Gasteiger partial charge in [0.05, 0.1) is 17.9 Å². The Labute approximate surface area is 162 Å². The molecular formula is C19H22ClN5O2. The summed E-state index contributed by atoms with van der Waals surface area (Å²) in [6.07, 6.45) is 3.94. The van der Waals surface area contributed by atoms with Crippen LogP contribution in [-0.2, 0) is 16.8 Å². The van der Waals surface area contributed by atoms with E-state index in [0.29, 0.717) is 43.1 Å². The Kier molecular flexibility index (Phi) is 4.65. The zero-order valence-electron chi connectivity index (χ0n) is 15.2. The summed E-state index contributed by atoms with van der Waals surface area (Å²) in [6.45, 7) is 1.79. The van der Waals surface area contributed by atoms with Gasteiger partial charge in [-0.1, -0.05) is 11.6 Å². The highest BCUT2D eigenvalue weighted by Crippen LogP contribution is 2.40. The van der Waals surface area contributed by atoms with Crippen molar-refractivity contribution in [3.63, 3.8) is 0 Å². The molecule has 1 aromatic carbocycles. The molecule has 7 nitrogen and oxygen atoms in total. The number of halogens is 1. The van der Waals surface area contributed by atoms with Crippen LogP contribution in [0.1, 0.15) is 34.5 Å². The maximum absolute atomic E-state index is 13.0. The van der Waals surface area contributed by atoms with E-state index in [4.69, 9.17) is 22.1 Å². The normalized spacial score (nSPS) is 18.2. The van der Waals surface area contributed by atoms with Crippen LogP contribution in [0.2, 0.25) is 5.02 Å². The molecule has 1 fully saturated rings. The molecule has 0 bridgehead atoms. The summed E-state index contributed by atoms with van der Waals surface area (Å²) in [5.74, 6) is 0.227. The Morgan fingerprint density at radius 1 is 1.37 bits per heavy atom. The molecule has 142 valence electrons. The van der Waals surface area contributed by atoms with E-state index in [2.05, 4.69) is 15.3 Å². The van der Waals surface area contributed by atoms with Crippen molar-refractivity contribution in [1.82, 2.24) is 14.9 Å². The number of nitrogens with one attached hydrogen (secondary N) is 1. The minimum atomic E-state index is -0.485. The van der Waals surface area contributed by atoms with Gasteiger partial charge in [-0.3, -0.25) is 4.79 Å². The number of anilines is 2. The molecule has 2 aliphatic rings. The van der Waals surface area contributed by atoms with Gasteiger partial charge >= 0.3 is 0 Å². The standard InChI is InChI=1S/C19H22ClN5O2/c1-22-15-3-2-13(20)10-14(15)17(26)25-7-5-19(6-8-25)16-12(4-9-27-19)11-23-18(21)24-16/h2-3,10-11,22H,4-9H2,1H3,(H2,21,23,24). The molecule has 2 aromatic rings. The summed E-state index contributed by atoms with van der Waals surface area (Å²) < 4.78 is 6.17. The van der Waals surface area contributed by atoms with E-state index in [1.807, 2.05) is 11.0 Å². The fourth-order valence-electron chi connectivity index (χ4n) is 3.96. The van der Waals surface area contributed by atoms with Gasteiger partial charge in [0.15, 0.2) is 0 Å². The second-order valence-electron chi connectivity index (χ2n) is 6.93. The summed E-state index contributed by atoms with van der Waals surface area (Å²) >= 11 is 6.10. The molecule has 1 saturated heterocycles. The highest BCUT2D eigenvalue weighted by atomic mass is 35.5. The van der Waals surface area contributed by atoms with Crippen LogP contribution in [0.25, 0.3) is 0 Å². The predicted molar refractivity (Wildman–Crippen MR) is 104 cm³/mol. The Bertz CT molecular complexity index is 880. The summed E-state index contributed by atoms with van der Waals surface area (Å²) in [7, 11) is 1.79. The van der Waals surface area contributed by atoms with Gasteiger partial charge in [0.2, 0.25) is 5.95 Å². The second kappa shape index (κ2) is 6.98. The van der Waals surface area contributed by atoms with Gasteiger partial charge in [-0.15, -0.1) is 0 Å². The SMILES string of the molecule is CNc1ccc(Cl)cc1C(=O)N1CCC2(CC1)OCCc1cnc(N)nc12. The van der Waals surface area contributed by atoms with E-state index in [1.165, 1.54) is 0 Å². The lowest BCUT2D eigenvalue weighted by molar-refractivity contribution is -0.0966. The van der Waals surface area contributed by atoms with E-state index in [-0.39, 0.29) is 11.9 Å². The number of nitrogens with zero attached hydrogens (tertiary/aromatic N) is 3. The fourth-order valence-corrected chi connectivity index (χ4v) is 4.13. The number of aromatic nitrogens is 2. The highest BCUT2D eigenvalue weighted by Gasteiger charge is 2.43. The van der Waals surface area contributed by atoms with Crippen molar-refractivity contribution in [2.75, 3.05) is 37.8 Å². The third-order valence-corrected chi connectivity index (χ3v) is 5.64.